The van der Waals surface area contributed by atoms with Gasteiger partial charge in [0.25, 0.3) is 5.91 Å². The molecule has 1 fully saturated rings. The molecule has 1 aromatic carbocycles. The molecule has 1 aliphatic heterocycles. The fraction of sp³-hybridized carbons (Fsp3) is 0.267. The van der Waals surface area contributed by atoms with E-state index in [0.29, 0.717) is 24.3 Å². The van der Waals surface area contributed by atoms with Crippen molar-refractivity contribution < 1.29 is 4.79 Å². The first-order valence-corrected chi connectivity index (χ1v) is 6.91. The van der Waals surface area contributed by atoms with E-state index < -0.39 is 0 Å². The Labute approximate surface area is 123 Å². The molecule has 1 aromatic heterocycles. The average Bonchev–Trinajstić information content (AvgIpc) is 2.55. The first kappa shape index (κ1) is 13.4. The van der Waals surface area contributed by atoms with Gasteiger partial charge in [0.15, 0.2) is 5.82 Å². The second kappa shape index (κ2) is 5.78. The van der Waals surface area contributed by atoms with Crippen LogP contribution in [0.15, 0.2) is 42.6 Å². The lowest BCUT2D eigenvalue weighted by Gasteiger charge is -2.35. The van der Waals surface area contributed by atoms with Crippen LogP contribution in [0.2, 0.25) is 0 Å². The fourth-order valence-electron chi connectivity index (χ4n) is 2.45. The summed E-state index contributed by atoms with van der Waals surface area (Å²) in [7, 11) is 0. The second-order valence-electron chi connectivity index (χ2n) is 4.99. The molecule has 0 atom stereocenters. The number of nitrogens with zero attached hydrogens (tertiary/aromatic N) is 4. The summed E-state index contributed by atoms with van der Waals surface area (Å²) in [4.78, 5) is 16.4. The first-order valence-electron chi connectivity index (χ1n) is 6.91. The van der Waals surface area contributed by atoms with Gasteiger partial charge in [-0.3, -0.25) is 4.79 Å². The lowest BCUT2D eigenvalue weighted by molar-refractivity contribution is 0.0746. The minimum Gasteiger partial charge on any atom is -0.399 e. The number of hydrogen-bond acceptors (Lipinski definition) is 5. The number of piperazine rings is 1. The molecule has 21 heavy (non-hydrogen) atoms. The molecule has 0 unspecified atom stereocenters. The Morgan fingerprint density at radius 1 is 1.10 bits per heavy atom. The van der Waals surface area contributed by atoms with Gasteiger partial charge in [-0.05, 0) is 30.3 Å². The molecule has 2 heterocycles. The van der Waals surface area contributed by atoms with E-state index in [1.165, 1.54) is 0 Å². The standard InChI is InChI=1S/C15H17N5O/c16-13-4-1-3-12(11-13)15(21)20-9-7-19(8-10-20)14-5-2-6-17-18-14/h1-6,11H,7-10,16H2. The molecule has 1 saturated heterocycles. The molecule has 2 N–H and O–H groups in total. The van der Waals surface area contributed by atoms with Gasteiger partial charge in [-0.15, -0.1) is 5.10 Å². The van der Waals surface area contributed by atoms with Gasteiger partial charge in [-0.25, -0.2) is 0 Å². The maximum Gasteiger partial charge on any atom is 0.254 e. The van der Waals surface area contributed by atoms with Crippen molar-refractivity contribution in [3.05, 3.63) is 48.2 Å². The van der Waals surface area contributed by atoms with Crippen molar-refractivity contribution in [3.63, 3.8) is 0 Å². The van der Waals surface area contributed by atoms with Crippen molar-refractivity contribution in [3.8, 4) is 0 Å². The highest BCUT2D eigenvalue weighted by atomic mass is 16.2. The first-order chi connectivity index (χ1) is 10.2. The highest BCUT2D eigenvalue weighted by molar-refractivity contribution is 5.95. The van der Waals surface area contributed by atoms with Crippen LogP contribution < -0.4 is 10.6 Å². The quantitative estimate of drug-likeness (QED) is 0.833. The minimum atomic E-state index is 0.0288. The Balaban J connectivity index is 1.64. The van der Waals surface area contributed by atoms with Crippen molar-refractivity contribution in [1.29, 1.82) is 0 Å². The van der Waals surface area contributed by atoms with Crippen LogP contribution in [0.25, 0.3) is 0 Å². The van der Waals surface area contributed by atoms with Crippen molar-refractivity contribution in [1.82, 2.24) is 15.1 Å². The van der Waals surface area contributed by atoms with E-state index in [2.05, 4.69) is 15.1 Å². The number of amides is 1. The highest BCUT2D eigenvalue weighted by Gasteiger charge is 2.22. The van der Waals surface area contributed by atoms with Gasteiger partial charge in [0.1, 0.15) is 0 Å². The Kier molecular flexibility index (Phi) is 3.68. The van der Waals surface area contributed by atoms with E-state index in [9.17, 15) is 4.79 Å². The zero-order valence-electron chi connectivity index (χ0n) is 11.6. The lowest BCUT2D eigenvalue weighted by atomic mass is 10.1. The van der Waals surface area contributed by atoms with Crippen molar-refractivity contribution in [2.24, 2.45) is 0 Å². The van der Waals surface area contributed by atoms with Crippen LogP contribution in [0.1, 0.15) is 10.4 Å². The molecule has 6 heteroatoms. The molecule has 0 aliphatic carbocycles. The Morgan fingerprint density at radius 2 is 1.90 bits per heavy atom. The number of aromatic nitrogens is 2. The monoisotopic (exact) mass is 283 g/mol. The SMILES string of the molecule is Nc1cccc(C(=O)N2CCN(c3cccnn3)CC2)c1. The summed E-state index contributed by atoms with van der Waals surface area (Å²) < 4.78 is 0. The molecule has 0 bridgehead atoms. The number of carbonyl (C=O) groups excluding carboxylic acids is 1. The van der Waals surface area contributed by atoms with E-state index in [-0.39, 0.29) is 5.91 Å². The number of anilines is 2. The number of nitrogens with two attached hydrogens (primary N) is 1. The van der Waals surface area contributed by atoms with Gasteiger partial charge >= 0.3 is 0 Å². The zero-order valence-corrected chi connectivity index (χ0v) is 11.6. The molecule has 1 amide bonds. The summed E-state index contributed by atoms with van der Waals surface area (Å²) >= 11 is 0. The third-order valence-electron chi connectivity index (χ3n) is 3.58. The summed E-state index contributed by atoms with van der Waals surface area (Å²) in [6, 6.07) is 10.9. The van der Waals surface area contributed by atoms with Crippen molar-refractivity contribution >= 4 is 17.4 Å². The van der Waals surface area contributed by atoms with E-state index in [0.717, 1.165) is 18.9 Å². The van der Waals surface area contributed by atoms with Crippen LogP contribution in [-0.4, -0.2) is 47.2 Å². The third-order valence-corrected chi connectivity index (χ3v) is 3.58. The summed E-state index contributed by atoms with van der Waals surface area (Å²) in [6.07, 6.45) is 1.66. The average molecular weight is 283 g/mol. The van der Waals surface area contributed by atoms with Crippen LogP contribution in [0.4, 0.5) is 11.5 Å². The van der Waals surface area contributed by atoms with Crippen molar-refractivity contribution in [2.45, 2.75) is 0 Å². The maximum atomic E-state index is 12.4. The maximum absolute atomic E-state index is 12.4. The van der Waals surface area contributed by atoms with Crippen LogP contribution in [0.3, 0.4) is 0 Å². The fourth-order valence-corrected chi connectivity index (χ4v) is 2.45. The molecule has 1 aliphatic rings. The van der Waals surface area contributed by atoms with E-state index in [1.807, 2.05) is 17.0 Å². The molecule has 3 rings (SSSR count). The Bertz CT molecular complexity index is 623. The van der Waals surface area contributed by atoms with Gasteiger partial charge in [0, 0.05) is 43.6 Å². The normalized spacial score (nSPS) is 15.0. The summed E-state index contributed by atoms with van der Waals surface area (Å²) in [5.41, 5.74) is 6.98. The number of benzene rings is 1. The predicted octanol–water partition coefficient (Wildman–Crippen LogP) is 1.02. The Hall–Kier alpha value is -2.63. The zero-order chi connectivity index (χ0) is 14.7. The summed E-state index contributed by atoms with van der Waals surface area (Å²) in [5, 5.41) is 7.98. The molecule has 108 valence electrons. The van der Waals surface area contributed by atoms with Crippen LogP contribution in [0, 0.1) is 0 Å². The Morgan fingerprint density at radius 3 is 2.57 bits per heavy atom. The number of nitrogen functional groups attached to an aromatic ring is 1. The minimum absolute atomic E-state index is 0.0288. The van der Waals surface area contributed by atoms with E-state index in [1.54, 1.807) is 30.5 Å². The molecule has 2 aromatic rings. The molecular weight excluding hydrogens is 266 g/mol. The number of carbonyl (C=O) groups is 1. The van der Waals surface area contributed by atoms with Gasteiger partial charge in [0.05, 0.1) is 0 Å². The predicted molar refractivity (Wildman–Crippen MR) is 81.0 cm³/mol. The number of rotatable bonds is 2. The number of hydrogen-bond donors (Lipinski definition) is 1. The van der Waals surface area contributed by atoms with Gasteiger partial charge in [0.2, 0.25) is 0 Å². The van der Waals surface area contributed by atoms with Gasteiger partial charge in [-0.2, -0.15) is 5.10 Å². The summed E-state index contributed by atoms with van der Waals surface area (Å²) in [6.45, 7) is 2.86. The largest absolute Gasteiger partial charge is 0.399 e. The topological polar surface area (TPSA) is 75.4 Å². The smallest absolute Gasteiger partial charge is 0.254 e. The van der Waals surface area contributed by atoms with Gasteiger partial charge < -0.3 is 15.5 Å². The molecule has 0 spiro atoms. The van der Waals surface area contributed by atoms with Crippen LogP contribution in [0.5, 0.6) is 0 Å². The molecule has 0 radical (unpaired) electrons. The highest BCUT2D eigenvalue weighted by Crippen LogP contribution is 2.15. The lowest BCUT2D eigenvalue weighted by Crippen LogP contribution is -2.49. The van der Waals surface area contributed by atoms with Crippen LogP contribution >= 0.6 is 0 Å². The molecule has 0 saturated carbocycles. The van der Waals surface area contributed by atoms with Crippen LogP contribution in [-0.2, 0) is 0 Å². The second-order valence-corrected chi connectivity index (χ2v) is 4.99. The molecular formula is C15H17N5O. The third kappa shape index (κ3) is 2.94. The summed E-state index contributed by atoms with van der Waals surface area (Å²) in [5.74, 6) is 0.884. The van der Waals surface area contributed by atoms with E-state index in [4.69, 9.17) is 5.73 Å². The van der Waals surface area contributed by atoms with E-state index >= 15 is 0 Å². The molecule has 6 nitrogen and oxygen atoms in total. The van der Waals surface area contributed by atoms with Crippen molar-refractivity contribution in [2.75, 3.05) is 36.8 Å². The van der Waals surface area contributed by atoms with Gasteiger partial charge in [-0.1, -0.05) is 6.07 Å².